The third-order valence-electron chi connectivity index (χ3n) is 7.65. The van der Waals surface area contributed by atoms with Gasteiger partial charge in [-0.3, -0.25) is 9.59 Å². The van der Waals surface area contributed by atoms with Gasteiger partial charge in [0.1, 0.15) is 5.84 Å². The second-order valence-electron chi connectivity index (χ2n) is 11.9. The molecule has 9 heteroatoms. The number of aryl methyl sites for hydroxylation is 1. The number of aliphatic imine (C=N–C) groups is 1. The number of alkyl halides is 1. The minimum Gasteiger partial charge on any atom is -0.419 e. The fraction of sp³-hybridized carbons (Fsp3) is 0.116. The molecule has 0 saturated heterocycles. The largest absolute Gasteiger partial charge is 2.00 e. The van der Waals surface area contributed by atoms with Gasteiger partial charge in [-0.15, -0.1) is 6.07 Å². The molecule has 2 amide bonds. The van der Waals surface area contributed by atoms with E-state index in [-0.39, 0.29) is 42.9 Å². The molecular formula is C43H39IN4O3U. The van der Waals surface area contributed by atoms with Gasteiger partial charge in [-0.05, 0) is 88.2 Å². The number of nitrogens with zero attached hydrogens (tertiary/aromatic N) is 1. The molecule has 7 nitrogen and oxygen atoms in total. The summed E-state index contributed by atoms with van der Waals surface area (Å²) in [5, 5.41) is 8.05. The van der Waals surface area contributed by atoms with Crippen molar-refractivity contribution < 1.29 is 45.5 Å². The normalized spacial score (nSPS) is 10.6. The van der Waals surface area contributed by atoms with Crippen molar-refractivity contribution in [2.24, 2.45) is 10.7 Å². The van der Waals surface area contributed by atoms with E-state index in [0.29, 0.717) is 39.9 Å². The van der Waals surface area contributed by atoms with Crippen molar-refractivity contribution in [1.29, 1.82) is 0 Å². The van der Waals surface area contributed by atoms with Crippen LogP contribution in [-0.2, 0) is 20.8 Å². The van der Waals surface area contributed by atoms with Crippen LogP contribution in [0.4, 0.5) is 17.1 Å². The van der Waals surface area contributed by atoms with Gasteiger partial charge < -0.3 is 21.2 Å². The minimum atomic E-state index is -0.214. The molecule has 0 saturated carbocycles. The number of fused-ring (bicyclic) bond motifs is 1. The first-order valence-corrected chi connectivity index (χ1v) is 17.6. The van der Waals surface area contributed by atoms with Crippen molar-refractivity contribution >= 4 is 74.4 Å². The number of hydrogen-bond donors (Lipinski definition) is 3. The predicted molar refractivity (Wildman–Crippen MR) is 220 cm³/mol. The van der Waals surface area contributed by atoms with E-state index in [1.54, 1.807) is 25.3 Å². The molecule has 52 heavy (non-hydrogen) atoms. The van der Waals surface area contributed by atoms with E-state index in [9.17, 15) is 14.4 Å². The fourth-order valence-electron chi connectivity index (χ4n) is 4.76. The summed E-state index contributed by atoms with van der Waals surface area (Å²) in [6, 6.07) is 37.3. The summed E-state index contributed by atoms with van der Waals surface area (Å²) < 4.78 is 0.562. The zero-order valence-electron chi connectivity index (χ0n) is 29.2. The van der Waals surface area contributed by atoms with E-state index < -0.39 is 0 Å². The Bertz CT molecular complexity index is 2110. The van der Waals surface area contributed by atoms with Gasteiger partial charge >= 0.3 is 31.1 Å². The van der Waals surface area contributed by atoms with E-state index in [2.05, 4.69) is 100 Å². The van der Waals surface area contributed by atoms with Crippen LogP contribution in [0.3, 0.4) is 0 Å². The third kappa shape index (κ3) is 12.6. The summed E-state index contributed by atoms with van der Waals surface area (Å²) in [7, 11) is 0. The summed E-state index contributed by atoms with van der Waals surface area (Å²) in [6.45, 7) is 14.3. The summed E-state index contributed by atoms with van der Waals surface area (Å²) >= 11 is 2.10. The van der Waals surface area contributed by atoms with Gasteiger partial charge in [-0.2, -0.15) is 29.3 Å². The Balaban J connectivity index is 0.00000114. The minimum absolute atomic E-state index is 0. The van der Waals surface area contributed by atoms with Gasteiger partial charge in [0.15, 0.2) is 0 Å². The standard InChI is InChI=1S/C39H34IN4O2.C4H5O.U/c1-25(2)38(41)43-35-19-13-29(14-20-35)31-8-10-32-22-30(7-9-33(32)23-31)28-11-17-34(18-12-28)42-37(45)21-6-27-4-15-36(16-5-27)44-39(46)26(3)24-40;1-4(2)3-5;/h4-5,7-15,17-20,22-23H,1,3,6,21,24H2,2H3,(H2,41,43)(H,42,45)(H,44,46);1H2,2H3;/q2*-1;+2. The van der Waals surface area contributed by atoms with Crippen LogP contribution in [-0.4, -0.2) is 28.4 Å². The zero-order valence-corrected chi connectivity index (χ0v) is 35.5. The molecule has 0 aliphatic rings. The summed E-state index contributed by atoms with van der Waals surface area (Å²) in [5.74, 6) is 0.156. The van der Waals surface area contributed by atoms with Crippen molar-refractivity contribution in [3.05, 3.63) is 151 Å². The number of carbonyl (C=O) groups excluding carboxylic acids is 3. The SMILES string of the molecule is C=C(C)C(N)=Nc1ccc(-c2ccc3cc(-c4ccc(NC(=O)CCc5c[c-]c(NC(=O)C(=C)CI)cc5)cc4)ccc3c2)cc1.C=C(C)[C-]=O.[U+2]. The van der Waals surface area contributed by atoms with E-state index in [0.717, 1.165) is 55.5 Å². The molecule has 0 unspecified atom stereocenters. The average Bonchev–Trinajstić information content (AvgIpc) is 3.14. The number of nitrogens with one attached hydrogen (secondary N) is 2. The Morgan fingerprint density at radius 2 is 1.35 bits per heavy atom. The van der Waals surface area contributed by atoms with Crippen molar-refractivity contribution in [1.82, 2.24) is 0 Å². The first-order chi connectivity index (χ1) is 24.4. The van der Waals surface area contributed by atoms with Crippen LogP contribution in [0.15, 0.2) is 145 Å². The molecule has 0 radical (unpaired) electrons. The van der Waals surface area contributed by atoms with Gasteiger partial charge in [-0.1, -0.05) is 103 Å². The summed E-state index contributed by atoms with van der Waals surface area (Å²) in [4.78, 5) is 38.3. The number of carbonyl (C=O) groups is 2. The topological polar surface area (TPSA) is 114 Å². The molecule has 0 spiro atoms. The van der Waals surface area contributed by atoms with Crippen LogP contribution < -0.4 is 16.4 Å². The van der Waals surface area contributed by atoms with E-state index >= 15 is 0 Å². The molecule has 0 aliphatic heterocycles. The van der Waals surface area contributed by atoms with E-state index in [4.69, 9.17) is 5.73 Å². The molecule has 5 aromatic rings. The van der Waals surface area contributed by atoms with Crippen LogP contribution in [0, 0.1) is 37.2 Å². The summed E-state index contributed by atoms with van der Waals surface area (Å²) in [6.07, 6.45) is 2.49. The van der Waals surface area contributed by atoms with Gasteiger partial charge in [0.2, 0.25) is 11.8 Å². The van der Waals surface area contributed by atoms with E-state index in [1.807, 2.05) is 61.5 Å². The van der Waals surface area contributed by atoms with Gasteiger partial charge in [0.05, 0.1) is 5.69 Å². The van der Waals surface area contributed by atoms with E-state index in [1.165, 1.54) is 0 Å². The summed E-state index contributed by atoms with van der Waals surface area (Å²) in [5.41, 5.74) is 15.1. The Hall–Kier alpha value is -4.56. The van der Waals surface area contributed by atoms with Crippen molar-refractivity contribution in [2.75, 3.05) is 15.1 Å². The molecule has 0 atom stereocenters. The van der Waals surface area contributed by atoms with Gasteiger partial charge in [0, 0.05) is 22.1 Å². The van der Waals surface area contributed by atoms with Gasteiger partial charge in [-0.25, -0.2) is 11.6 Å². The number of benzene rings is 5. The van der Waals surface area contributed by atoms with Crippen LogP contribution in [0.5, 0.6) is 0 Å². The number of hydrogen-bond acceptors (Lipinski definition) is 4. The molecule has 0 heterocycles. The van der Waals surface area contributed by atoms with Gasteiger partial charge in [0.25, 0.3) is 0 Å². The molecular weight excluding hydrogens is 985 g/mol. The smallest absolute Gasteiger partial charge is 0.419 e. The fourth-order valence-corrected chi connectivity index (χ4v) is 5.10. The molecule has 260 valence electrons. The maximum absolute atomic E-state index is 12.6. The Morgan fingerprint density at radius 3 is 1.83 bits per heavy atom. The van der Waals surface area contributed by atoms with Crippen LogP contribution in [0.1, 0.15) is 25.8 Å². The molecule has 0 aliphatic carbocycles. The Morgan fingerprint density at radius 1 is 0.808 bits per heavy atom. The zero-order chi connectivity index (χ0) is 36.9. The van der Waals surface area contributed by atoms with Crippen LogP contribution in [0.2, 0.25) is 0 Å². The Labute approximate surface area is 343 Å². The second kappa shape index (κ2) is 20.5. The quantitative estimate of drug-likeness (QED) is 0.0289. The third-order valence-corrected chi connectivity index (χ3v) is 8.57. The number of allylic oxidation sites excluding steroid dienone is 1. The molecule has 0 fully saturated rings. The van der Waals surface area contributed by atoms with Crippen LogP contribution >= 0.6 is 22.6 Å². The number of amides is 2. The maximum atomic E-state index is 12.6. The molecule has 5 rings (SSSR count). The molecule has 0 bridgehead atoms. The van der Waals surface area contributed by atoms with Crippen LogP contribution in [0.25, 0.3) is 33.0 Å². The number of anilines is 2. The average molecular weight is 1020 g/mol. The Kier molecular flexibility index (Phi) is 16.5. The molecule has 4 N–H and O–H groups in total. The number of amidine groups is 1. The maximum Gasteiger partial charge on any atom is 2.00 e. The number of halogens is 1. The second-order valence-corrected chi connectivity index (χ2v) is 12.7. The first kappa shape index (κ1) is 41.9. The van der Waals surface area contributed by atoms with Crippen molar-refractivity contribution in [3.8, 4) is 22.3 Å². The first-order valence-electron chi connectivity index (χ1n) is 16.1. The number of nitrogens with two attached hydrogens (primary N) is 1. The van der Waals surface area contributed by atoms with Crippen molar-refractivity contribution in [2.45, 2.75) is 26.7 Å². The molecule has 0 aromatic heterocycles. The predicted octanol–water partition coefficient (Wildman–Crippen LogP) is 9.71. The van der Waals surface area contributed by atoms with Crippen molar-refractivity contribution in [3.63, 3.8) is 0 Å². The monoisotopic (exact) mass is 1020 g/mol. The molecule has 5 aromatic carbocycles. The number of rotatable bonds is 12.